The molecule has 58 heavy (non-hydrogen) atoms. The number of allylic oxidation sites excluding steroid dienone is 2. The number of ketones is 1. The van der Waals surface area contributed by atoms with E-state index in [2.05, 4.69) is 27.3 Å². The Balaban J connectivity index is 0.894. The van der Waals surface area contributed by atoms with Crippen molar-refractivity contribution < 1.29 is 38.1 Å². The van der Waals surface area contributed by atoms with Gasteiger partial charge in [-0.05, 0) is 65.1 Å². The van der Waals surface area contributed by atoms with Crippen LogP contribution >= 0.6 is 15.9 Å². The standard InChI is InChI=1S/C45H41BrN4O8/c1-54-33-11-7-26(8-12-33)28-15-29-23-47-37-20-41(39(55-2)18-35(37)44(52)34(29)17-28)57-13-4-14-58-42-21-38-36(19-40(42)56-3)45(53)50-25-30(16-32(50)24-48-38)27-5-9-31(10-6-27)49-43(51)22-46/h5-12,17-21,23-25,29,32,34H,4,13-16,22H2,1-3H3,(H,49,51)/t29-,32-,34?/m0/s1. The number of hydrogen-bond donors (Lipinski definition) is 1. The first-order valence-electron chi connectivity index (χ1n) is 18.9. The number of ether oxygens (including phenoxy) is 5. The lowest BCUT2D eigenvalue weighted by Gasteiger charge is -2.19. The number of nitrogens with zero attached hydrogens (tertiary/aromatic N) is 3. The quantitative estimate of drug-likeness (QED) is 0.105. The SMILES string of the molecule is COc1ccc(C2=CC3C(=O)c4cc(OC)c(OCCCOc5cc6c(cc5OC)C(=O)N5C=C(c7ccc(NC(=O)CBr)cc7)C[C@H]5C=N6)cc4N=C[C@@H]3C2)cc1. The van der Waals surface area contributed by atoms with Crippen molar-refractivity contribution in [2.75, 3.05) is 45.2 Å². The molecule has 0 radical (unpaired) electrons. The van der Waals surface area contributed by atoms with Gasteiger partial charge in [0, 0.05) is 66.7 Å². The summed E-state index contributed by atoms with van der Waals surface area (Å²) in [6.07, 6.45) is 9.42. The van der Waals surface area contributed by atoms with Crippen LogP contribution in [0.25, 0.3) is 11.1 Å². The molecule has 1 unspecified atom stereocenters. The van der Waals surface area contributed by atoms with Gasteiger partial charge in [0.2, 0.25) is 5.91 Å². The maximum absolute atomic E-state index is 13.8. The molecule has 1 aliphatic carbocycles. The first-order valence-corrected chi connectivity index (χ1v) is 20.1. The van der Waals surface area contributed by atoms with E-state index in [0.29, 0.717) is 83.7 Å². The molecule has 0 saturated carbocycles. The average Bonchev–Trinajstić information content (AvgIpc) is 3.83. The molecule has 3 heterocycles. The van der Waals surface area contributed by atoms with E-state index < -0.39 is 0 Å². The minimum Gasteiger partial charge on any atom is -0.497 e. The summed E-state index contributed by atoms with van der Waals surface area (Å²) in [6.45, 7) is 0.595. The molecule has 8 rings (SSSR count). The molecule has 0 aromatic heterocycles. The number of anilines is 1. The molecule has 0 spiro atoms. The lowest BCUT2D eigenvalue weighted by molar-refractivity contribution is -0.113. The largest absolute Gasteiger partial charge is 0.497 e. The van der Waals surface area contributed by atoms with Gasteiger partial charge in [0.1, 0.15) is 5.75 Å². The molecule has 0 fully saturated rings. The van der Waals surface area contributed by atoms with Crippen LogP contribution in [0, 0.1) is 11.8 Å². The number of fused-ring (bicyclic) bond motifs is 4. The zero-order valence-electron chi connectivity index (χ0n) is 32.2. The lowest BCUT2D eigenvalue weighted by Crippen LogP contribution is -2.32. The highest BCUT2D eigenvalue weighted by Gasteiger charge is 2.37. The molecular formula is C45H41BrN4O8. The monoisotopic (exact) mass is 844 g/mol. The number of methoxy groups -OCH3 is 3. The van der Waals surface area contributed by atoms with Crippen molar-refractivity contribution in [2.45, 2.75) is 25.3 Å². The summed E-state index contributed by atoms with van der Waals surface area (Å²) in [5.74, 6) is 1.91. The van der Waals surface area contributed by atoms with Crippen LogP contribution in [0.15, 0.2) is 95.1 Å². The maximum Gasteiger partial charge on any atom is 0.260 e. The summed E-state index contributed by atoms with van der Waals surface area (Å²) in [4.78, 5) is 50.5. The Labute approximate surface area is 344 Å². The Morgan fingerprint density at radius 3 is 2.03 bits per heavy atom. The van der Waals surface area contributed by atoms with E-state index in [4.69, 9.17) is 33.7 Å². The number of hydrogen-bond acceptors (Lipinski definition) is 10. The molecule has 0 saturated heterocycles. The van der Waals surface area contributed by atoms with E-state index in [-0.39, 0.29) is 40.8 Å². The second-order valence-corrected chi connectivity index (χ2v) is 14.8. The van der Waals surface area contributed by atoms with Gasteiger partial charge < -0.3 is 33.9 Å². The number of amides is 2. The molecule has 1 N–H and O–H groups in total. The van der Waals surface area contributed by atoms with Gasteiger partial charge in [-0.2, -0.15) is 0 Å². The van der Waals surface area contributed by atoms with E-state index in [1.165, 1.54) is 7.11 Å². The first kappa shape index (κ1) is 38.7. The van der Waals surface area contributed by atoms with Crippen molar-refractivity contribution in [1.82, 2.24) is 4.90 Å². The number of carbonyl (C=O) groups is 3. The zero-order chi connectivity index (χ0) is 40.3. The molecule has 4 aromatic carbocycles. The minimum absolute atomic E-state index is 0.00201. The first-order chi connectivity index (χ1) is 28.3. The van der Waals surface area contributed by atoms with Crippen LogP contribution < -0.4 is 29.0 Å². The highest BCUT2D eigenvalue weighted by molar-refractivity contribution is 9.09. The predicted molar refractivity (Wildman–Crippen MR) is 226 cm³/mol. The van der Waals surface area contributed by atoms with Crippen LogP contribution in [0.4, 0.5) is 17.1 Å². The highest BCUT2D eigenvalue weighted by Crippen LogP contribution is 2.44. The van der Waals surface area contributed by atoms with Gasteiger partial charge in [-0.3, -0.25) is 24.4 Å². The van der Waals surface area contributed by atoms with Crippen molar-refractivity contribution in [3.63, 3.8) is 0 Å². The molecule has 0 bridgehead atoms. The van der Waals surface area contributed by atoms with E-state index >= 15 is 0 Å². The van der Waals surface area contributed by atoms with E-state index in [0.717, 1.165) is 28.0 Å². The van der Waals surface area contributed by atoms with Gasteiger partial charge in [-0.15, -0.1) is 0 Å². The van der Waals surface area contributed by atoms with Crippen LogP contribution in [0.2, 0.25) is 0 Å². The van der Waals surface area contributed by atoms with Crippen molar-refractivity contribution in [3.05, 3.63) is 107 Å². The number of nitrogens with one attached hydrogen (secondary N) is 1. The van der Waals surface area contributed by atoms with Gasteiger partial charge in [-0.1, -0.05) is 46.3 Å². The second-order valence-electron chi connectivity index (χ2n) is 14.2. The van der Waals surface area contributed by atoms with Crippen molar-refractivity contribution in [2.24, 2.45) is 21.8 Å². The summed E-state index contributed by atoms with van der Waals surface area (Å²) in [6, 6.07) is 22.0. The number of carbonyl (C=O) groups excluding carboxylic acids is 3. The summed E-state index contributed by atoms with van der Waals surface area (Å²) >= 11 is 3.16. The van der Waals surface area contributed by atoms with Crippen molar-refractivity contribution in [1.29, 1.82) is 0 Å². The molecule has 13 heteroatoms. The Bertz CT molecular complexity index is 2390. The third-order valence-electron chi connectivity index (χ3n) is 10.7. The van der Waals surface area contributed by atoms with Gasteiger partial charge in [-0.25, -0.2) is 0 Å². The van der Waals surface area contributed by atoms with Gasteiger partial charge in [0.05, 0.1) is 62.9 Å². The highest BCUT2D eigenvalue weighted by atomic mass is 79.9. The molecule has 2 amide bonds. The molecule has 12 nitrogen and oxygen atoms in total. The summed E-state index contributed by atoms with van der Waals surface area (Å²) < 4.78 is 28.9. The van der Waals surface area contributed by atoms with Gasteiger partial charge in [0.15, 0.2) is 28.8 Å². The zero-order valence-corrected chi connectivity index (χ0v) is 33.8. The third kappa shape index (κ3) is 7.73. The fraction of sp³-hybridized carbons (Fsp3) is 0.267. The Hall–Kier alpha value is -6.21. The molecular weight excluding hydrogens is 804 g/mol. The Morgan fingerprint density at radius 2 is 1.38 bits per heavy atom. The van der Waals surface area contributed by atoms with E-state index in [1.54, 1.807) is 49.6 Å². The summed E-state index contributed by atoms with van der Waals surface area (Å²) in [5.41, 5.74) is 6.79. The summed E-state index contributed by atoms with van der Waals surface area (Å²) in [7, 11) is 4.72. The number of Topliss-reactive ketones (excluding diaryl/α,β-unsaturated/α-hetero) is 1. The number of alkyl halides is 1. The van der Waals surface area contributed by atoms with Crippen LogP contribution in [-0.4, -0.2) is 80.8 Å². The number of benzene rings is 4. The predicted octanol–water partition coefficient (Wildman–Crippen LogP) is 8.48. The fourth-order valence-corrected chi connectivity index (χ4v) is 7.80. The topological polar surface area (TPSA) is 137 Å². The van der Waals surface area contributed by atoms with Crippen LogP contribution in [0.5, 0.6) is 28.7 Å². The second kappa shape index (κ2) is 16.7. The summed E-state index contributed by atoms with van der Waals surface area (Å²) in [5, 5.41) is 3.03. The Morgan fingerprint density at radius 1 is 0.759 bits per heavy atom. The molecule has 4 aliphatic rings. The molecule has 3 atom stereocenters. The average molecular weight is 846 g/mol. The van der Waals surface area contributed by atoms with E-state index in [1.807, 2.05) is 60.9 Å². The molecule has 4 aromatic rings. The Kier molecular flexibility index (Phi) is 11.1. The van der Waals surface area contributed by atoms with Crippen LogP contribution in [0.1, 0.15) is 51.1 Å². The molecule has 3 aliphatic heterocycles. The van der Waals surface area contributed by atoms with Gasteiger partial charge >= 0.3 is 0 Å². The van der Waals surface area contributed by atoms with Crippen molar-refractivity contribution in [3.8, 4) is 28.7 Å². The molecule has 296 valence electrons. The minimum atomic E-state index is -0.317. The van der Waals surface area contributed by atoms with Crippen LogP contribution in [0.3, 0.4) is 0 Å². The van der Waals surface area contributed by atoms with E-state index in [9.17, 15) is 14.4 Å². The smallest absolute Gasteiger partial charge is 0.260 e. The number of rotatable bonds is 13. The lowest BCUT2D eigenvalue weighted by atomic mass is 9.89. The van der Waals surface area contributed by atoms with Gasteiger partial charge in [0.25, 0.3) is 5.91 Å². The maximum atomic E-state index is 13.8. The normalized spacial score (nSPS) is 18.8. The number of halogens is 1. The van der Waals surface area contributed by atoms with Crippen LogP contribution in [-0.2, 0) is 4.79 Å². The van der Waals surface area contributed by atoms with Crippen molar-refractivity contribution >= 4 is 74.2 Å². The number of aliphatic imine (C=N–C) groups is 2. The fourth-order valence-electron chi connectivity index (χ4n) is 7.66. The third-order valence-corrected chi connectivity index (χ3v) is 11.2.